The Balaban J connectivity index is 2.32. The second-order valence-electron chi connectivity index (χ2n) is 6.14. The number of nitrogens with zero attached hydrogens (tertiary/aromatic N) is 1. The van der Waals surface area contributed by atoms with Crippen LogP contribution in [0.15, 0.2) is 0 Å². The zero-order valence-electron chi connectivity index (χ0n) is 12.9. The fourth-order valence-electron chi connectivity index (χ4n) is 2.87. The number of rotatable bonds is 9. The lowest BCUT2D eigenvalue weighted by Gasteiger charge is -2.46. The molecule has 0 aromatic heterocycles. The molecule has 1 aliphatic rings. The first kappa shape index (κ1) is 16.3. The largest absolute Gasteiger partial charge is 0.316 e. The van der Waals surface area contributed by atoms with Crippen LogP contribution in [-0.4, -0.2) is 49.1 Å². The molecule has 0 saturated heterocycles. The van der Waals surface area contributed by atoms with E-state index in [0.29, 0.717) is 0 Å². The van der Waals surface area contributed by atoms with Crippen LogP contribution in [0.4, 0.5) is 0 Å². The van der Waals surface area contributed by atoms with Crippen molar-refractivity contribution in [1.82, 2.24) is 10.2 Å². The van der Waals surface area contributed by atoms with Crippen LogP contribution < -0.4 is 5.32 Å². The SMILES string of the molecule is CCC(CSC)N(C)C1CCC1CNCC(C)C. The summed E-state index contributed by atoms with van der Waals surface area (Å²) in [5.74, 6) is 2.92. The van der Waals surface area contributed by atoms with Crippen LogP contribution in [0.5, 0.6) is 0 Å². The van der Waals surface area contributed by atoms with E-state index in [4.69, 9.17) is 0 Å². The molecule has 3 atom stereocenters. The Morgan fingerprint density at radius 3 is 2.50 bits per heavy atom. The molecule has 18 heavy (non-hydrogen) atoms. The van der Waals surface area contributed by atoms with Gasteiger partial charge in [0, 0.05) is 17.8 Å². The molecule has 1 rings (SSSR count). The van der Waals surface area contributed by atoms with Gasteiger partial charge in [-0.2, -0.15) is 11.8 Å². The van der Waals surface area contributed by atoms with Crippen LogP contribution in [0.3, 0.4) is 0 Å². The van der Waals surface area contributed by atoms with E-state index in [1.165, 1.54) is 31.6 Å². The maximum Gasteiger partial charge on any atom is 0.0183 e. The van der Waals surface area contributed by atoms with Gasteiger partial charge in [0.25, 0.3) is 0 Å². The highest BCUT2D eigenvalue weighted by atomic mass is 32.2. The molecule has 1 aliphatic carbocycles. The van der Waals surface area contributed by atoms with Gasteiger partial charge in [-0.05, 0) is 57.5 Å². The van der Waals surface area contributed by atoms with Crippen molar-refractivity contribution in [3.8, 4) is 0 Å². The number of thioether (sulfide) groups is 1. The quantitative estimate of drug-likeness (QED) is 0.694. The molecule has 2 nitrogen and oxygen atoms in total. The van der Waals surface area contributed by atoms with Gasteiger partial charge in [0.2, 0.25) is 0 Å². The van der Waals surface area contributed by atoms with Crippen LogP contribution >= 0.6 is 11.8 Å². The molecular weight excluding hydrogens is 240 g/mol. The minimum absolute atomic E-state index is 0.762. The average Bonchev–Trinajstić information content (AvgIpc) is 2.29. The van der Waals surface area contributed by atoms with E-state index in [-0.39, 0.29) is 0 Å². The third-order valence-corrected chi connectivity index (χ3v) is 4.98. The first-order valence-corrected chi connectivity index (χ1v) is 8.91. The summed E-state index contributed by atoms with van der Waals surface area (Å²) in [6.45, 7) is 9.26. The maximum absolute atomic E-state index is 3.63. The van der Waals surface area contributed by atoms with Crippen LogP contribution in [0.2, 0.25) is 0 Å². The highest BCUT2D eigenvalue weighted by Gasteiger charge is 2.35. The molecule has 3 heteroatoms. The molecule has 0 heterocycles. The normalized spacial score (nSPS) is 25.5. The van der Waals surface area contributed by atoms with Crippen molar-refractivity contribution in [2.75, 3.05) is 32.1 Å². The predicted octanol–water partition coefficient (Wildman–Crippen LogP) is 3.08. The number of nitrogens with one attached hydrogen (secondary N) is 1. The van der Waals surface area contributed by atoms with E-state index < -0.39 is 0 Å². The number of hydrogen-bond donors (Lipinski definition) is 1. The summed E-state index contributed by atoms with van der Waals surface area (Å²) in [5, 5.41) is 3.63. The summed E-state index contributed by atoms with van der Waals surface area (Å²) in [6, 6.07) is 1.58. The van der Waals surface area contributed by atoms with Gasteiger partial charge in [0.15, 0.2) is 0 Å². The van der Waals surface area contributed by atoms with Gasteiger partial charge in [0.05, 0.1) is 0 Å². The third kappa shape index (κ3) is 4.75. The van der Waals surface area contributed by atoms with Crippen LogP contribution in [0.1, 0.15) is 40.0 Å². The molecule has 0 amide bonds. The van der Waals surface area contributed by atoms with E-state index in [1.54, 1.807) is 0 Å². The van der Waals surface area contributed by atoms with Gasteiger partial charge in [-0.3, -0.25) is 4.90 Å². The summed E-state index contributed by atoms with van der Waals surface area (Å²) in [4.78, 5) is 2.65. The van der Waals surface area contributed by atoms with E-state index in [9.17, 15) is 0 Å². The summed E-state index contributed by atoms with van der Waals surface area (Å²) < 4.78 is 0. The lowest BCUT2D eigenvalue weighted by Crippen LogP contribution is -2.53. The Morgan fingerprint density at radius 1 is 1.33 bits per heavy atom. The molecule has 0 aromatic carbocycles. The Labute approximate surface area is 118 Å². The van der Waals surface area contributed by atoms with Gasteiger partial charge < -0.3 is 5.32 Å². The van der Waals surface area contributed by atoms with Gasteiger partial charge in [0.1, 0.15) is 0 Å². The third-order valence-electron chi connectivity index (χ3n) is 4.27. The second-order valence-corrected chi connectivity index (χ2v) is 7.05. The molecule has 108 valence electrons. The van der Waals surface area contributed by atoms with Crippen molar-refractivity contribution >= 4 is 11.8 Å². The Morgan fingerprint density at radius 2 is 2.06 bits per heavy atom. The van der Waals surface area contributed by atoms with E-state index in [0.717, 1.165) is 30.5 Å². The van der Waals surface area contributed by atoms with Crippen molar-refractivity contribution in [2.45, 2.75) is 52.1 Å². The first-order chi connectivity index (χ1) is 8.60. The van der Waals surface area contributed by atoms with Crippen LogP contribution in [0, 0.1) is 11.8 Å². The number of hydrogen-bond acceptors (Lipinski definition) is 3. The van der Waals surface area contributed by atoms with Crippen LogP contribution in [-0.2, 0) is 0 Å². The minimum atomic E-state index is 0.762. The topological polar surface area (TPSA) is 15.3 Å². The van der Waals surface area contributed by atoms with Crippen molar-refractivity contribution in [3.63, 3.8) is 0 Å². The summed E-state index contributed by atoms with van der Waals surface area (Å²) in [7, 11) is 2.34. The van der Waals surface area contributed by atoms with Crippen molar-refractivity contribution in [3.05, 3.63) is 0 Å². The molecule has 0 radical (unpaired) electrons. The second kappa shape index (κ2) is 8.44. The summed E-state index contributed by atoms with van der Waals surface area (Å²) in [6.07, 6.45) is 6.31. The minimum Gasteiger partial charge on any atom is -0.316 e. The highest BCUT2D eigenvalue weighted by molar-refractivity contribution is 7.98. The smallest absolute Gasteiger partial charge is 0.0183 e. The fraction of sp³-hybridized carbons (Fsp3) is 1.00. The van der Waals surface area contributed by atoms with Crippen molar-refractivity contribution in [2.24, 2.45) is 11.8 Å². The predicted molar refractivity (Wildman–Crippen MR) is 84.4 cm³/mol. The average molecular weight is 273 g/mol. The Hall–Kier alpha value is 0.270. The lowest BCUT2D eigenvalue weighted by molar-refractivity contribution is 0.0553. The lowest BCUT2D eigenvalue weighted by atomic mass is 9.78. The molecule has 0 bridgehead atoms. The summed E-state index contributed by atoms with van der Waals surface area (Å²) >= 11 is 1.98. The highest BCUT2D eigenvalue weighted by Crippen LogP contribution is 2.32. The molecule has 1 fully saturated rings. The van der Waals surface area contributed by atoms with E-state index in [2.05, 4.69) is 44.3 Å². The standard InChI is InChI=1S/C15H32N2S/c1-6-14(11-18-5)17(4)15-8-7-13(15)10-16-9-12(2)3/h12-16H,6-11H2,1-5H3. The van der Waals surface area contributed by atoms with Crippen molar-refractivity contribution in [1.29, 1.82) is 0 Å². The molecule has 1 saturated carbocycles. The first-order valence-electron chi connectivity index (χ1n) is 7.51. The van der Waals surface area contributed by atoms with Gasteiger partial charge in [-0.25, -0.2) is 0 Å². The molecular formula is C15H32N2S. The Kier molecular flexibility index (Phi) is 7.66. The van der Waals surface area contributed by atoms with Gasteiger partial charge in [-0.1, -0.05) is 20.8 Å². The Bertz CT molecular complexity index is 221. The summed E-state index contributed by atoms with van der Waals surface area (Å²) in [5.41, 5.74) is 0. The molecule has 0 aliphatic heterocycles. The van der Waals surface area contributed by atoms with E-state index >= 15 is 0 Å². The molecule has 3 unspecified atom stereocenters. The van der Waals surface area contributed by atoms with Crippen molar-refractivity contribution < 1.29 is 0 Å². The van der Waals surface area contributed by atoms with Gasteiger partial charge >= 0.3 is 0 Å². The van der Waals surface area contributed by atoms with Gasteiger partial charge in [-0.15, -0.1) is 0 Å². The fourth-order valence-corrected chi connectivity index (χ4v) is 3.73. The monoisotopic (exact) mass is 272 g/mol. The van der Waals surface area contributed by atoms with Crippen LogP contribution in [0.25, 0.3) is 0 Å². The zero-order chi connectivity index (χ0) is 13.5. The maximum atomic E-state index is 3.63. The zero-order valence-corrected chi connectivity index (χ0v) is 13.7. The molecule has 1 N–H and O–H groups in total. The molecule has 0 spiro atoms. The van der Waals surface area contributed by atoms with E-state index in [1.807, 2.05) is 11.8 Å². The molecule has 0 aromatic rings.